The van der Waals surface area contributed by atoms with E-state index in [0.717, 1.165) is 48.9 Å². The minimum absolute atomic E-state index is 0.0557. The van der Waals surface area contributed by atoms with Crippen molar-refractivity contribution in [2.75, 3.05) is 29.9 Å². The van der Waals surface area contributed by atoms with Gasteiger partial charge in [-0.3, -0.25) is 9.59 Å². The fourth-order valence-corrected chi connectivity index (χ4v) is 4.22. The number of ketones is 1. The molecule has 3 heterocycles. The van der Waals surface area contributed by atoms with Crippen LogP contribution in [-0.4, -0.2) is 40.0 Å². The van der Waals surface area contributed by atoms with Crippen LogP contribution in [0.1, 0.15) is 46.0 Å². The van der Waals surface area contributed by atoms with E-state index >= 15 is 0 Å². The molecule has 0 radical (unpaired) electrons. The highest BCUT2D eigenvalue weighted by Crippen LogP contribution is 2.28. The standard InChI is InChI=1S/C25H30ClN5O3/c1-3-10-31-21-9-8-18(13-17(21)14-22(24(31)33)34-16-19(32)4-2)28-23-20(26)15-27-25(29-23)30-11-6-5-7-12-30/h8-9,13-15H,3-7,10-12,16H2,1-2H3,(H,27,28,29). The van der Waals surface area contributed by atoms with E-state index < -0.39 is 0 Å². The van der Waals surface area contributed by atoms with Gasteiger partial charge in [0, 0.05) is 37.1 Å². The number of nitrogens with zero attached hydrogens (tertiary/aromatic N) is 4. The normalized spacial score (nSPS) is 13.8. The predicted octanol–water partition coefficient (Wildman–Crippen LogP) is 4.95. The molecule has 180 valence electrons. The van der Waals surface area contributed by atoms with E-state index in [1.807, 2.05) is 25.1 Å². The molecule has 9 heteroatoms. The molecule has 4 rings (SSSR count). The average Bonchev–Trinajstić information content (AvgIpc) is 2.86. The summed E-state index contributed by atoms with van der Waals surface area (Å²) >= 11 is 6.40. The highest BCUT2D eigenvalue weighted by molar-refractivity contribution is 6.32. The number of carbonyl (C=O) groups is 1. The van der Waals surface area contributed by atoms with Gasteiger partial charge in [-0.05, 0) is 49.9 Å². The lowest BCUT2D eigenvalue weighted by Crippen LogP contribution is -2.31. The van der Waals surface area contributed by atoms with Gasteiger partial charge >= 0.3 is 0 Å². The number of anilines is 3. The van der Waals surface area contributed by atoms with Crippen molar-refractivity contribution in [1.82, 2.24) is 14.5 Å². The molecular weight excluding hydrogens is 454 g/mol. The Kier molecular flexibility index (Phi) is 7.67. The maximum absolute atomic E-state index is 13.0. The highest BCUT2D eigenvalue weighted by atomic mass is 35.5. The first kappa shape index (κ1) is 24.0. The van der Waals surface area contributed by atoms with Crippen LogP contribution in [0.3, 0.4) is 0 Å². The third-order valence-electron chi connectivity index (χ3n) is 5.92. The van der Waals surface area contributed by atoms with Crippen LogP contribution in [0, 0.1) is 0 Å². The van der Waals surface area contributed by atoms with Crippen molar-refractivity contribution in [2.24, 2.45) is 0 Å². The van der Waals surface area contributed by atoms with Crippen LogP contribution in [-0.2, 0) is 11.3 Å². The number of hydrogen-bond acceptors (Lipinski definition) is 7. The number of fused-ring (bicyclic) bond motifs is 1. The van der Waals surface area contributed by atoms with Crippen molar-refractivity contribution in [3.63, 3.8) is 0 Å². The largest absolute Gasteiger partial charge is 0.480 e. The van der Waals surface area contributed by atoms with Crippen molar-refractivity contribution in [3.05, 3.63) is 45.8 Å². The second-order valence-corrected chi connectivity index (χ2v) is 8.87. The summed E-state index contributed by atoms with van der Waals surface area (Å²) in [5, 5.41) is 4.54. The van der Waals surface area contributed by atoms with Crippen LogP contribution < -0.4 is 20.5 Å². The molecule has 0 unspecified atom stereocenters. The van der Waals surface area contributed by atoms with E-state index in [-0.39, 0.29) is 23.7 Å². The zero-order valence-corrected chi connectivity index (χ0v) is 20.4. The molecule has 0 bridgehead atoms. The van der Waals surface area contributed by atoms with E-state index in [1.165, 1.54) is 6.42 Å². The van der Waals surface area contributed by atoms with E-state index in [1.54, 1.807) is 23.8 Å². The Hall–Kier alpha value is -3.13. The number of aromatic nitrogens is 3. The molecule has 1 aromatic carbocycles. The molecular formula is C25H30ClN5O3. The maximum Gasteiger partial charge on any atom is 0.293 e. The summed E-state index contributed by atoms with van der Waals surface area (Å²) in [6.45, 7) is 6.10. The number of hydrogen-bond donors (Lipinski definition) is 1. The van der Waals surface area contributed by atoms with Gasteiger partial charge < -0.3 is 19.5 Å². The molecule has 34 heavy (non-hydrogen) atoms. The van der Waals surface area contributed by atoms with Gasteiger partial charge in [0.15, 0.2) is 17.4 Å². The lowest BCUT2D eigenvalue weighted by atomic mass is 10.1. The van der Waals surface area contributed by atoms with E-state index in [0.29, 0.717) is 29.8 Å². The summed E-state index contributed by atoms with van der Waals surface area (Å²) in [5.41, 5.74) is 1.34. The number of Topliss-reactive ketones (excluding diaryl/α,β-unsaturated/α-hetero) is 1. The number of pyridine rings is 1. The fourth-order valence-electron chi connectivity index (χ4n) is 4.08. The SMILES string of the molecule is CCCn1c(=O)c(OCC(=O)CC)cc2cc(Nc3nc(N4CCCCC4)ncc3Cl)ccc21. The average molecular weight is 484 g/mol. The summed E-state index contributed by atoms with van der Waals surface area (Å²) in [7, 11) is 0. The second kappa shape index (κ2) is 10.9. The maximum atomic E-state index is 13.0. The summed E-state index contributed by atoms with van der Waals surface area (Å²) in [5.74, 6) is 1.32. The van der Waals surface area contributed by atoms with Crippen LogP contribution in [0.25, 0.3) is 10.9 Å². The van der Waals surface area contributed by atoms with Gasteiger partial charge in [0.2, 0.25) is 5.95 Å². The first-order valence-corrected chi connectivity index (χ1v) is 12.2. The van der Waals surface area contributed by atoms with Gasteiger partial charge in [-0.2, -0.15) is 4.98 Å². The van der Waals surface area contributed by atoms with Crippen molar-refractivity contribution < 1.29 is 9.53 Å². The number of piperidine rings is 1. The van der Waals surface area contributed by atoms with Gasteiger partial charge in [-0.15, -0.1) is 0 Å². The molecule has 0 amide bonds. The van der Waals surface area contributed by atoms with E-state index in [9.17, 15) is 9.59 Å². The Morgan fingerprint density at radius 1 is 1.18 bits per heavy atom. The Bertz CT molecular complexity index is 1240. The van der Waals surface area contributed by atoms with Gasteiger partial charge in [0.25, 0.3) is 5.56 Å². The molecule has 3 aromatic rings. The Labute approximate surface area is 203 Å². The number of aryl methyl sites for hydroxylation is 1. The van der Waals surface area contributed by atoms with Crippen LogP contribution in [0.15, 0.2) is 35.3 Å². The van der Waals surface area contributed by atoms with Gasteiger partial charge in [-0.1, -0.05) is 25.4 Å². The lowest BCUT2D eigenvalue weighted by molar-refractivity contribution is -0.120. The molecule has 0 aliphatic carbocycles. The fraction of sp³-hybridized carbons (Fsp3) is 0.440. The third-order valence-corrected chi connectivity index (χ3v) is 6.20. The number of benzene rings is 1. The van der Waals surface area contributed by atoms with Crippen molar-refractivity contribution in [3.8, 4) is 5.75 Å². The smallest absolute Gasteiger partial charge is 0.293 e. The zero-order valence-electron chi connectivity index (χ0n) is 19.6. The predicted molar refractivity (Wildman–Crippen MR) is 136 cm³/mol. The number of rotatable bonds is 9. The number of ether oxygens (including phenoxy) is 1. The monoisotopic (exact) mass is 483 g/mol. The molecule has 8 nitrogen and oxygen atoms in total. The Morgan fingerprint density at radius 2 is 1.97 bits per heavy atom. The molecule has 1 fully saturated rings. The molecule has 0 spiro atoms. The van der Waals surface area contributed by atoms with Crippen molar-refractivity contribution in [1.29, 1.82) is 0 Å². The summed E-state index contributed by atoms with van der Waals surface area (Å²) < 4.78 is 7.29. The second-order valence-electron chi connectivity index (χ2n) is 8.46. The molecule has 0 saturated carbocycles. The van der Waals surface area contributed by atoms with Gasteiger partial charge in [0.1, 0.15) is 11.6 Å². The van der Waals surface area contributed by atoms with E-state index in [4.69, 9.17) is 16.3 Å². The summed E-state index contributed by atoms with van der Waals surface area (Å²) in [6, 6.07) is 7.41. The molecule has 0 atom stereocenters. The number of carbonyl (C=O) groups excluding carboxylic acids is 1. The first-order chi connectivity index (χ1) is 16.5. The van der Waals surface area contributed by atoms with Crippen molar-refractivity contribution in [2.45, 2.75) is 52.5 Å². The minimum atomic E-state index is -0.232. The third kappa shape index (κ3) is 5.33. The first-order valence-electron chi connectivity index (χ1n) is 11.9. The van der Waals surface area contributed by atoms with Crippen molar-refractivity contribution >= 4 is 45.7 Å². The van der Waals surface area contributed by atoms with Gasteiger partial charge in [-0.25, -0.2) is 4.98 Å². The number of halogens is 1. The topological polar surface area (TPSA) is 89.3 Å². The Morgan fingerprint density at radius 3 is 2.71 bits per heavy atom. The lowest BCUT2D eigenvalue weighted by Gasteiger charge is -2.26. The number of nitrogens with one attached hydrogen (secondary N) is 1. The van der Waals surface area contributed by atoms with Gasteiger partial charge in [0.05, 0.1) is 11.7 Å². The van der Waals surface area contributed by atoms with Crippen LogP contribution in [0.2, 0.25) is 5.02 Å². The minimum Gasteiger partial charge on any atom is -0.480 e. The molecule has 2 aromatic heterocycles. The molecule has 1 N–H and O–H groups in total. The van der Waals surface area contributed by atoms with Crippen LogP contribution in [0.4, 0.5) is 17.5 Å². The van der Waals surface area contributed by atoms with E-state index in [2.05, 4.69) is 20.2 Å². The molecule has 1 aliphatic rings. The quantitative estimate of drug-likeness (QED) is 0.460. The highest BCUT2D eigenvalue weighted by Gasteiger charge is 2.16. The molecule has 1 saturated heterocycles. The molecule has 1 aliphatic heterocycles. The van der Waals surface area contributed by atoms with Crippen LogP contribution in [0.5, 0.6) is 5.75 Å². The Balaban J connectivity index is 1.67. The summed E-state index contributed by atoms with van der Waals surface area (Å²) in [4.78, 5) is 35.9. The summed E-state index contributed by atoms with van der Waals surface area (Å²) in [6.07, 6.45) is 6.28. The van der Waals surface area contributed by atoms with Crippen LogP contribution >= 0.6 is 11.6 Å². The zero-order chi connectivity index (χ0) is 24.1.